The van der Waals surface area contributed by atoms with E-state index in [9.17, 15) is 9.59 Å². The Balaban J connectivity index is 1.37. The molecule has 8 heteroatoms. The van der Waals surface area contributed by atoms with E-state index in [4.69, 9.17) is 9.47 Å². The van der Waals surface area contributed by atoms with E-state index in [1.165, 1.54) is 0 Å². The number of nitrogens with one attached hydrogen (secondary N) is 1. The molecule has 2 amide bonds. The van der Waals surface area contributed by atoms with Crippen molar-refractivity contribution in [3.05, 3.63) is 0 Å². The Kier molecular flexibility index (Phi) is 6.42. The molecular weight excluding hydrogens is 312 g/mol. The molecule has 0 aromatic heterocycles. The summed E-state index contributed by atoms with van der Waals surface area (Å²) in [6.45, 7) is 8.15. The van der Waals surface area contributed by atoms with E-state index in [-0.39, 0.29) is 17.9 Å². The fourth-order valence-electron chi connectivity index (χ4n) is 3.35. The van der Waals surface area contributed by atoms with Crippen LogP contribution in [0.3, 0.4) is 0 Å². The Morgan fingerprint density at radius 1 is 0.875 bits per heavy atom. The summed E-state index contributed by atoms with van der Waals surface area (Å²) >= 11 is 0. The van der Waals surface area contributed by atoms with Crippen LogP contribution in [0.2, 0.25) is 0 Å². The predicted molar refractivity (Wildman–Crippen MR) is 87.6 cm³/mol. The molecule has 3 aliphatic heterocycles. The van der Waals surface area contributed by atoms with E-state index in [0.717, 1.165) is 26.2 Å². The molecule has 0 aliphatic carbocycles. The van der Waals surface area contributed by atoms with Crippen LogP contribution in [-0.4, -0.2) is 111 Å². The summed E-state index contributed by atoms with van der Waals surface area (Å²) in [5.41, 5.74) is 0. The smallest absolute Gasteiger partial charge is 0.236 e. The topological polar surface area (TPSA) is 74.4 Å². The van der Waals surface area contributed by atoms with Gasteiger partial charge in [-0.2, -0.15) is 0 Å². The van der Waals surface area contributed by atoms with Gasteiger partial charge in [0.25, 0.3) is 0 Å². The van der Waals surface area contributed by atoms with E-state index in [1.807, 2.05) is 9.80 Å². The lowest BCUT2D eigenvalue weighted by atomic mass is 10.1. The number of nitrogens with zero attached hydrogens (tertiary/aromatic N) is 3. The van der Waals surface area contributed by atoms with Crippen molar-refractivity contribution in [2.45, 2.75) is 12.5 Å². The van der Waals surface area contributed by atoms with Crippen LogP contribution in [0.5, 0.6) is 0 Å². The molecule has 0 aromatic carbocycles. The summed E-state index contributed by atoms with van der Waals surface area (Å²) < 4.78 is 10.7. The van der Waals surface area contributed by atoms with E-state index in [2.05, 4.69) is 10.2 Å². The Bertz CT molecular complexity index is 428. The summed E-state index contributed by atoms with van der Waals surface area (Å²) in [6, 6.07) is 0.132. The van der Waals surface area contributed by atoms with Crippen LogP contribution in [0.4, 0.5) is 0 Å². The Hall–Kier alpha value is -1.22. The van der Waals surface area contributed by atoms with Gasteiger partial charge in [0.15, 0.2) is 0 Å². The van der Waals surface area contributed by atoms with Gasteiger partial charge in [-0.15, -0.1) is 0 Å². The van der Waals surface area contributed by atoms with Crippen molar-refractivity contribution in [2.75, 3.05) is 78.8 Å². The van der Waals surface area contributed by atoms with Gasteiger partial charge in [0, 0.05) is 58.3 Å². The molecule has 3 rings (SSSR count). The zero-order valence-electron chi connectivity index (χ0n) is 14.2. The first kappa shape index (κ1) is 17.6. The largest absolute Gasteiger partial charge is 0.378 e. The molecule has 8 nitrogen and oxygen atoms in total. The number of carbonyl (C=O) groups excluding carboxylic acids is 2. The Morgan fingerprint density at radius 2 is 1.58 bits per heavy atom. The molecule has 136 valence electrons. The number of piperazine rings is 1. The third kappa shape index (κ3) is 4.89. The second-order valence-corrected chi connectivity index (χ2v) is 6.58. The number of morpholine rings is 2. The quantitative estimate of drug-likeness (QED) is 0.662. The van der Waals surface area contributed by atoms with Crippen molar-refractivity contribution in [1.82, 2.24) is 20.0 Å². The molecule has 3 fully saturated rings. The van der Waals surface area contributed by atoms with Crippen molar-refractivity contribution in [1.29, 1.82) is 0 Å². The van der Waals surface area contributed by atoms with Crippen LogP contribution >= 0.6 is 0 Å². The van der Waals surface area contributed by atoms with Crippen molar-refractivity contribution in [3.8, 4) is 0 Å². The maximum atomic E-state index is 12.4. The fourth-order valence-corrected chi connectivity index (χ4v) is 3.35. The van der Waals surface area contributed by atoms with Gasteiger partial charge >= 0.3 is 0 Å². The molecule has 0 bridgehead atoms. The van der Waals surface area contributed by atoms with E-state index >= 15 is 0 Å². The highest BCUT2D eigenvalue weighted by molar-refractivity contribution is 5.79. The average Bonchev–Trinajstić information content (AvgIpc) is 2.64. The maximum absolute atomic E-state index is 12.4. The molecule has 3 heterocycles. The standard InChI is InChI=1S/C16H28N4O4/c21-15(11-14-13-24-8-1-17-14)19-4-2-18(3-5-19)12-16(22)20-6-9-23-10-7-20/h14,17H,1-13H2. The highest BCUT2D eigenvalue weighted by Crippen LogP contribution is 2.08. The zero-order chi connectivity index (χ0) is 16.8. The lowest BCUT2D eigenvalue weighted by Crippen LogP contribution is -2.53. The summed E-state index contributed by atoms with van der Waals surface area (Å²) in [7, 11) is 0. The fraction of sp³-hybridized carbons (Fsp3) is 0.875. The van der Waals surface area contributed by atoms with Crippen LogP contribution in [0.15, 0.2) is 0 Å². The molecule has 3 saturated heterocycles. The number of hydrogen-bond donors (Lipinski definition) is 1. The van der Waals surface area contributed by atoms with Crippen LogP contribution in [0.1, 0.15) is 6.42 Å². The van der Waals surface area contributed by atoms with Crippen molar-refractivity contribution in [3.63, 3.8) is 0 Å². The molecule has 0 saturated carbocycles. The summed E-state index contributed by atoms with van der Waals surface area (Å²) in [5, 5.41) is 3.32. The number of ether oxygens (including phenoxy) is 2. The molecule has 1 unspecified atom stereocenters. The summed E-state index contributed by atoms with van der Waals surface area (Å²) in [4.78, 5) is 30.6. The molecule has 1 atom stereocenters. The van der Waals surface area contributed by atoms with Gasteiger partial charge in [0.1, 0.15) is 0 Å². The lowest BCUT2D eigenvalue weighted by Gasteiger charge is -2.36. The predicted octanol–water partition coefficient (Wildman–Crippen LogP) is -1.63. The van der Waals surface area contributed by atoms with Crippen LogP contribution in [0, 0.1) is 0 Å². The lowest BCUT2D eigenvalue weighted by molar-refractivity contribution is -0.138. The first-order valence-corrected chi connectivity index (χ1v) is 8.89. The molecule has 1 N–H and O–H groups in total. The van der Waals surface area contributed by atoms with E-state index < -0.39 is 0 Å². The van der Waals surface area contributed by atoms with Gasteiger partial charge in [-0.3, -0.25) is 14.5 Å². The number of hydrogen-bond acceptors (Lipinski definition) is 6. The SMILES string of the molecule is O=C(CC1COCCN1)N1CCN(CC(=O)N2CCOCC2)CC1. The van der Waals surface area contributed by atoms with Crippen molar-refractivity contribution < 1.29 is 19.1 Å². The molecule has 0 radical (unpaired) electrons. The maximum Gasteiger partial charge on any atom is 0.236 e. The second kappa shape index (κ2) is 8.75. The van der Waals surface area contributed by atoms with Gasteiger partial charge in [0.05, 0.1) is 33.0 Å². The third-order valence-electron chi connectivity index (χ3n) is 4.87. The monoisotopic (exact) mass is 340 g/mol. The minimum absolute atomic E-state index is 0.132. The van der Waals surface area contributed by atoms with Gasteiger partial charge in [-0.1, -0.05) is 0 Å². The molecule has 24 heavy (non-hydrogen) atoms. The van der Waals surface area contributed by atoms with Crippen molar-refractivity contribution >= 4 is 11.8 Å². The molecule has 0 aromatic rings. The second-order valence-electron chi connectivity index (χ2n) is 6.58. The van der Waals surface area contributed by atoms with E-state index in [0.29, 0.717) is 59.0 Å². The molecule has 3 aliphatic rings. The summed E-state index contributed by atoms with van der Waals surface area (Å²) in [5.74, 6) is 0.346. The third-order valence-corrected chi connectivity index (χ3v) is 4.87. The average molecular weight is 340 g/mol. The van der Waals surface area contributed by atoms with Gasteiger partial charge in [-0.25, -0.2) is 0 Å². The minimum atomic E-state index is 0.132. The number of carbonyl (C=O) groups is 2. The first-order valence-electron chi connectivity index (χ1n) is 8.89. The molecule has 0 spiro atoms. The normalized spacial score (nSPS) is 26.4. The van der Waals surface area contributed by atoms with Gasteiger partial charge in [0.2, 0.25) is 11.8 Å². The highest BCUT2D eigenvalue weighted by atomic mass is 16.5. The molecular formula is C16H28N4O4. The first-order chi connectivity index (χ1) is 11.7. The van der Waals surface area contributed by atoms with Gasteiger partial charge < -0.3 is 24.6 Å². The summed E-state index contributed by atoms with van der Waals surface area (Å²) in [6.07, 6.45) is 0.493. The number of rotatable bonds is 4. The zero-order valence-corrected chi connectivity index (χ0v) is 14.2. The Morgan fingerprint density at radius 3 is 2.25 bits per heavy atom. The van der Waals surface area contributed by atoms with Crippen LogP contribution in [0.25, 0.3) is 0 Å². The van der Waals surface area contributed by atoms with Crippen LogP contribution < -0.4 is 5.32 Å². The minimum Gasteiger partial charge on any atom is -0.378 e. The van der Waals surface area contributed by atoms with Gasteiger partial charge in [-0.05, 0) is 0 Å². The van der Waals surface area contributed by atoms with Crippen LogP contribution in [-0.2, 0) is 19.1 Å². The number of amides is 2. The Labute approximate surface area is 143 Å². The van der Waals surface area contributed by atoms with Crippen molar-refractivity contribution in [2.24, 2.45) is 0 Å². The van der Waals surface area contributed by atoms with E-state index in [1.54, 1.807) is 0 Å². The highest BCUT2D eigenvalue weighted by Gasteiger charge is 2.26.